The molecule has 2 fully saturated rings. The summed E-state index contributed by atoms with van der Waals surface area (Å²) in [6.45, 7) is 3.34. The number of pyridine rings is 1. The van der Waals surface area contributed by atoms with Crippen molar-refractivity contribution in [2.24, 2.45) is 5.92 Å². The molecule has 6 nitrogen and oxygen atoms in total. The van der Waals surface area contributed by atoms with Gasteiger partial charge in [-0.25, -0.2) is 0 Å². The lowest BCUT2D eigenvalue weighted by Crippen LogP contribution is -2.24. The molecule has 1 aromatic carbocycles. The molecule has 2 aromatic rings. The minimum Gasteiger partial charge on any atom is -0.348 e. The van der Waals surface area contributed by atoms with Crippen LogP contribution < -0.4 is 15.5 Å². The highest BCUT2D eigenvalue weighted by atomic mass is 35.5. The highest BCUT2D eigenvalue weighted by Gasteiger charge is 2.21. The number of hydrogen-bond acceptors (Lipinski definition) is 4. The van der Waals surface area contributed by atoms with Crippen molar-refractivity contribution < 1.29 is 9.59 Å². The molecule has 4 rings (SSSR count). The number of nitrogens with one attached hydrogen (secondary N) is 2. The molecular weight excluding hydrogens is 388 g/mol. The Bertz CT molecular complexity index is 850. The number of carbonyl (C=O) groups is 2. The van der Waals surface area contributed by atoms with Crippen LogP contribution in [0.5, 0.6) is 0 Å². The van der Waals surface area contributed by atoms with Gasteiger partial charge in [-0.3, -0.25) is 14.6 Å². The molecule has 2 N–H and O–H groups in total. The minimum absolute atomic E-state index is 0. The lowest BCUT2D eigenvalue weighted by molar-refractivity contribution is -0.117. The number of hydrogen-bond donors (Lipinski definition) is 2. The van der Waals surface area contributed by atoms with Crippen LogP contribution in [-0.2, 0) is 17.8 Å². The van der Waals surface area contributed by atoms with Gasteiger partial charge in [-0.2, -0.15) is 0 Å². The largest absolute Gasteiger partial charge is 0.348 e. The van der Waals surface area contributed by atoms with Crippen LogP contribution in [0.1, 0.15) is 40.7 Å². The van der Waals surface area contributed by atoms with Crippen molar-refractivity contribution in [3.63, 3.8) is 0 Å². The topological polar surface area (TPSA) is 74.3 Å². The van der Waals surface area contributed by atoms with Crippen LogP contribution in [0, 0.1) is 5.92 Å². The number of benzene rings is 1. The molecule has 1 unspecified atom stereocenters. The van der Waals surface area contributed by atoms with Gasteiger partial charge in [0, 0.05) is 37.6 Å². The van der Waals surface area contributed by atoms with Crippen molar-refractivity contribution in [1.29, 1.82) is 0 Å². The number of amides is 2. The third-order valence-electron chi connectivity index (χ3n) is 5.52. The van der Waals surface area contributed by atoms with Gasteiger partial charge in [0.05, 0.1) is 5.56 Å². The lowest BCUT2D eigenvalue weighted by Gasteiger charge is -2.16. The van der Waals surface area contributed by atoms with Gasteiger partial charge >= 0.3 is 0 Å². The maximum atomic E-state index is 12.5. The predicted octanol–water partition coefficient (Wildman–Crippen LogP) is 2.71. The highest BCUT2D eigenvalue weighted by Crippen LogP contribution is 2.21. The summed E-state index contributed by atoms with van der Waals surface area (Å²) >= 11 is 0. The maximum absolute atomic E-state index is 12.5. The smallest absolute Gasteiger partial charge is 0.253 e. The Balaban J connectivity index is 0.00000240. The molecule has 2 aliphatic rings. The van der Waals surface area contributed by atoms with E-state index in [0.29, 0.717) is 24.4 Å². The Kier molecular flexibility index (Phi) is 7.23. The Morgan fingerprint density at radius 3 is 2.72 bits per heavy atom. The van der Waals surface area contributed by atoms with Crippen LogP contribution in [0.4, 0.5) is 5.69 Å². The van der Waals surface area contributed by atoms with E-state index in [4.69, 9.17) is 0 Å². The Hall–Kier alpha value is -2.44. The minimum atomic E-state index is -0.113. The van der Waals surface area contributed by atoms with Crippen molar-refractivity contribution in [2.45, 2.75) is 32.2 Å². The SMILES string of the molecule is Cl.O=C(NCc1ccc(N2CCCC2=O)cc1)c1cncc(CC2CCNC2)c1. The van der Waals surface area contributed by atoms with E-state index in [1.165, 1.54) is 6.42 Å². The monoisotopic (exact) mass is 414 g/mol. The summed E-state index contributed by atoms with van der Waals surface area (Å²) in [5.74, 6) is 0.695. The summed E-state index contributed by atoms with van der Waals surface area (Å²) in [4.78, 5) is 30.4. The average molecular weight is 415 g/mol. The summed E-state index contributed by atoms with van der Waals surface area (Å²) < 4.78 is 0. The molecule has 1 aromatic heterocycles. The van der Waals surface area contributed by atoms with E-state index in [-0.39, 0.29) is 24.2 Å². The first kappa shape index (κ1) is 21.3. The van der Waals surface area contributed by atoms with Gasteiger partial charge in [-0.15, -0.1) is 12.4 Å². The standard InChI is InChI=1S/C22H26N4O2.ClH/c27-21-2-1-9-26(21)20-5-3-16(4-6-20)14-25-22(28)19-11-18(13-24-15-19)10-17-7-8-23-12-17;/h3-6,11,13,15,17,23H,1-2,7-10,12,14H2,(H,25,28);1H. The van der Waals surface area contributed by atoms with E-state index in [2.05, 4.69) is 15.6 Å². The van der Waals surface area contributed by atoms with Crippen LogP contribution in [0.2, 0.25) is 0 Å². The number of aromatic nitrogens is 1. The number of nitrogens with zero attached hydrogens (tertiary/aromatic N) is 2. The molecule has 7 heteroatoms. The normalized spacial score (nSPS) is 18.6. The Morgan fingerprint density at radius 1 is 1.21 bits per heavy atom. The molecular formula is C22H27ClN4O2. The van der Waals surface area contributed by atoms with E-state index in [9.17, 15) is 9.59 Å². The molecule has 2 amide bonds. The summed E-state index contributed by atoms with van der Waals surface area (Å²) in [5, 5.41) is 6.33. The van der Waals surface area contributed by atoms with E-state index >= 15 is 0 Å². The van der Waals surface area contributed by atoms with Gasteiger partial charge in [0.1, 0.15) is 0 Å². The van der Waals surface area contributed by atoms with Crippen LogP contribution in [0.15, 0.2) is 42.7 Å². The Labute approximate surface area is 177 Å². The molecule has 0 saturated carbocycles. The van der Waals surface area contributed by atoms with Gasteiger partial charge in [-0.1, -0.05) is 12.1 Å². The summed E-state index contributed by atoms with van der Waals surface area (Å²) in [6.07, 6.45) is 7.15. The van der Waals surface area contributed by atoms with Gasteiger partial charge in [0.2, 0.25) is 5.91 Å². The second-order valence-electron chi connectivity index (χ2n) is 7.64. The fourth-order valence-electron chi connectivity index (χ4n) is 3.94. The van der Waals surface area contributed by atoms with Crippen LogP contribution in [0.3, 0.4) is 0 Å². The van der Waals surface area contributed by atoms with Crippen LogP contribution >= 0.6 is 12.4 Å². The van der Waals surface area contributed by atoms with E-state index in [0.717, 1.165) is 49.3 Å². The van der Waals surface area contributed by atoms with Gasteiger partial charge in [-0.05, 0) is 67.6 Å². The first-order valence-corrected chi connectivity index (χ1v) is 10.0. The zero-order chi connectivity index (χ0) is 19.3. The van der Waals surface area contributed by atoms with Crippen molar-refractivity contribution in [3.8, 4) is 0 Å². The van der Waals surface area contributed by atoms with Crippen molar-refractivity contribution in [1.82, 2.24) is 15.6 Å². The summed E-state index contributed by atoms with van der Waals surface area (Å²) in [5.41, 5.74) is 3.64. The molecule has 0 bridgehead atoms. The molecule has 0 radical (unpaired) electrons. The van der Waals surface area contributed by atoms with E-state index < -0.39 is 0 Å². The highest BCUT2D eigenvalue weighted by molar-refractivity contribution is 5.95. The number of carbonyl (C=O) groups excluding carboxylic acids is 2. The molecule has 1 atom stereocenters. The van der Waals surface area contributed by atoms with Crippen LogP contribution in [0.25, 0.3) is 0 Å². The number of halogens is 1. The van der Waals surface area contributed by atoms with Gasteiger partial charge in [0.25, 0.3) is 5.91 Å². The molecule has 3 heterocycles. The van der Waals surface area contributed by atoms with E-state index in [1.807, 2.05) is 41.4 Å². The molecule has 0 spiro atoms. The van der Waals surface area contributed by atoms with Crippen molar-refractivity contribution >= 4 is 29.9 Å². The first-order valence-electron chi connectivity index (χ1n) is 10.0. The van der Waals surface area contributed by atoms with Gasteiger partial charge < -0.3 is 15.5 Å². The van der Waals surface area contributed by atoms with Crippen LogP contribution in [-0.4, -0.2) is 36.4 Å². The first-order chi connectivity index (χ1) is 13.7. The Morgan fingerprint density at radius 2 is 2.03 bits per heavy atom. The molecule has 2 saturated heterocycles. The van der Waals surface area contributed by atoms with Gasteiger partial charge in [0.15, 0.2) is 0 Å². The second kappa shape index (κ2) is 9.85. The number of anilines is 1. The predicted molar refractivity (Wildman–Crippen MR) is 115 cm³/mol. The molecule has 2 aliphatic heterocycles. The van der Waals surface area contributed by atoms with Crippen molar-refractivity contribution in [2.75, 3.05) is 24.5 Å². The maximum Gasteiger partial charge on any atom is 0.253 e. The molecule has 154 valence electrons. The quantitative estimate of drug-likeness (QED) is 0.762. The molecule has 0 aliphatic carbocycles. The zero-order valence-electron chi connectivity index (χ0n) is 16.4. The molecule has 29 heavy (non-hydrogen) atoms. The van der Waals surface area contributed by atoms with Crippen molar-refractivity contribution in [3.05, 3.63) is 59.4 Å². The van der Waals surface area contributed by atoms with E-state index in [1.54, 1.807) is 6.20 Å². The third-order valence-corrected chi connectivity index (χ3v) is 5.52. The summed E-state index contributed by atoms with van der Waals surface area (Å²) in [7, 11) is 0. The lowest BCUT2D eigenvalue weighted by atomic mass is 9.99. The third kappa shape index (κ3) is 5.34. The number of rotatable bonds is 6. The fraction of sp³-hybridized carbons (Fsp3) is 0.409. The second-order valence-corrected chi connectivity index (χ2v) is 7.64. The average Bonchev–Trinajstić information content (AvgIpc) is 3.38. The fourth-order valence-corrected chi connectivity index (χ4v) is 3.94. The zero-order valence-corrected chi connectivity index (χ0v) is 17.2. The summed E-state index contributed by atoms with van der Waals surface area (Å²) in [6, 6.07) is 9.76.